The van der Waals surface area contributed by atoms with Crippen molar-refractivity contribution in [2.24, 2.45) is 5.10 Å². The van der Waals surface area contributed by atoms with Gasteiger partial charge in [0, 0.05) is 0 Å². The summed E-state index contributed by atoms with van der Waals surface area (Å²) < 4.78 is 38.1. The molecule has 0 unspecified atom stereocenters. The van der Waals surface area contributed by atoms with Crippen molar-refractivity contribution >= 4 is 22.0 Å². The second-order valence-corrected chi connectivity index (χ2v) is 6.50. The molecule has 0 aliphatic heterocycles. The van der Waals surface area contributed by atoms with Crippen molar-refractivity contribution in [2.45, 2.75) is 24.7 Å². The molecule has 0 aliphatic rings. The Kier molecular flexibility index (Phi) is 6.34. The number of hydrogen-bond acceptors (Lipinski definition) is 6. The molecule has 0 radical (unpaired) electrons. The Balaban J connectivity index is 1.89. The van der Waals surface area contributed by atoms with Gasteiger partial charge in [0.25, 0.3) is 0 Å². The zero-order chi connectivity index (χ0) is 17.4. The lowest BCUT2D eigenvalue weighted by Crippen LogP contribution is -1.98. The lowest BCUT2D eigenvalue weighted by molar-refractivity contribution is 0.309. The van der Waals surface area contributed by atoms with Crippen molar-refractivity contribution in [3.8, 4) is 5.75 Å². The molecule has 0 atom stereocenters. The van der Waals surface area contributed by atoms with Crippen LogP contribution in [0.2, 0.25) is 0 Å². The van der Waals surface area contributed by atoms with E-state index in [1.807, 2.05) is 24.3 Å². The summed E-state index contributed by atoms with van der Waals surface area (Å²) in [6.45, 7) is 2.82. The molecule has 0 spiro atoms. The molecule has 2 rings (SSSR count). The highest BCUT2D eigenvalue weighted by Gasteiger charge is 2.00. The minimum Gasteiger partial charge on any atom is -0.744 e. The molecule has 24 heavy (non-hydrogen) atoms. The van der Waals surface area contributed by atoms with Crippen LogP contribution >= 0.6 is 0 Å². The number of ether oxygens (including phenoxy) is 1. The van der Waals surface area contributed by atoms with Crippen molar-refractivity contribution in [3.63, 3.8) is 0 Å². The molecule has 128 valence electrons. The number of unbranched alkanes of at least 4 members (excludes halogenated alkanes) is 1. The summed E-state index contributed by atoms with van der Waals surface area (Å²) >= 11 is 0. The van der Waals surface area contributed by atoms with Crippen molar-refractivity contribution in [1.82, 2.24) is 0 Å². The molecule has 0 heterocycles. The van der Waals surface area contributed by atoms with E-state index < -0.39 is 10.1 Å². The second kappa shape index (κ2) is 8.47. The fraction of sp³-hybridized carbons (Fsp3) is 0.235. The van der Waals surface area contributed by atoms with Crippen LogP contribution in [0.15, 0.2) is 58.5 Å². The largest absolute Gasteiger partial charge is 0.744 e. The highest BCUT2D eigenvalue weighted by molar-refractivity contribution is 7.85. The van der Waals surface area contributed by atoms with Crippen LogP contribution in [0.5, 0.6) is 5.75 Å². The van der Waals surface area contributed by atoms with Gasteiger partial charge in [0.15, 0.2) is 0 Å². The summed E-state index contributed by atoms with van der Waals surface area (Å²) in [4.78, 5) is -0.268. The van der Waals surface area contributed by atoms with E-state index in [2.05, 4.69) is 17.5 Å². The topological polar surface area (TPSA) is 90.8 Å². The summed E-state index contributed by atoms with van der Waals surface area (Å²) in [5, 5.41) is 4.07. The number of nitrogens with one attached hydrogen (secondary N) is 1. The first-order valence-electron chi connectivity index (χ1n) is 7.57. The first-order chi connectivity index (χ1) is 11.5. The highest BCUT2D eigenvalue weighted by Crippen LogP contribution is 2.14. The van der Waals surface area contributed by atoms with Gasteiger partial charge in [0.05, 0.1) is 23.4 Å². The first-order valence-corrected chi connectivity index (χ1v) is 8.98. The summed E-state index contributed by atoms with van der Waals surface area (Å²) in [6.07, 6.45) is 3.76. The number of hydrogen-bond donors (Lipinski definition) is 1. The zero-order valence-electron chi connectivity index (χ0n) is 13.3. The van der Waals surface area contributed by atoms with Gasteiger partial charge in [-0.15, -0.1) is 0 Å². The number of rotatable bonds is 8. The van der Waals surface area contributed by atoms with Gasteiger partial charge < -0.3 is 9.29 Å². The molecule has 7 heteroatoms. The molecule has 0 amide bonds. The van der Waals surface area contributed by atoms with Crippen LogP contribution < -0.4 is 10.2 Å². The van der Waals surface area contributed by atoms with Crippen molar-refractivity contribution in [1.29, 1.82) is 0 Å². The maximum absolute atomic E-state index is 10.8. The number of hydrazone groups is 1. The smallest absolute Gasteiger partial charge is 0.124 e. The van der Waals surface area contributed by atoms with Crippen LogP contribution in [0.3, 0.4) is 0 Å². The molecule has 2 aromatic carbocycles. The van der Waals surface area contributed by atoms with Crippen LogP contribution in [0, 0.1) is 0 Å². The fourth-order valence-electron chi connectivity index (χ4n) is 1.86. The normalized spacial score (nSPS) is 11.6. The fourth-order valence-corrected chi connectivity index (χ4v) is 2.33. The van der Waals surface area contributed by atoms with Gasteiger partial charge in [-0.2, -0.15) is 5.10 Å². The Labute approximate surface area is 141 Å². The molecule has 0 bridgehead atoms. The van der Waals surface area contributed by atoms with E-state index >= 15 is 0 Å². The maximum atomic E-state index is 10.8. The van der Waals surface area contributed by atoms with Crippen LogP contribution in [0.1, 0.15) is 25.3 Å². The Morgan fingerprint density at radius 3 is 2.38 bits per heavy atom. The van der Waals surface area contributed by atoms with Gasteiger partial charge in [-0.1, -0.05) is 13.3 Å². The van der Waals surface area contributed by atoms with Crippen molar-refractivity contribution in [2.75, 3.05) is 12.0 Å². The van der Waals surface area contributed by atoms with Crippen molar-refractivity contribution in [3.05, 3.63) is 54.1 Å². The number of nitrogens with zero attached hydrogens (tertiary/aromatic N) is 1. The lowest BCUT2D eigenvalue weighted by atomic mass is 10.2. The van der Waals surface area contributed by atoms with E-state index in [-0.39, 0.29) is 4.90 Å². The molecule has 6 nitrogen and oxygen atoms in total. The van der Waals surface area contributed by atoms with Gasteiger partial charge in [0.1, 0.15) is 15.9 Å². The third-order valence-corrected chi connectivity index (χ3v) is 4.05. The molecule has 0 saturated carbocycles. The van der Waals surface area contributed by atoms with E-state index in [1.165, 1.54) is 24.3 Å². The molecule has 0 fully saturated rings. The highest BCUT2D eigenvalue weighted by atomic mass is 32.2. The van der Waals surface area contributed by atoms with E-state index in [4.69, 9.17) is 4.74 Å². The van der Waals surface area contributed by atoms with Gasteiger partial charge in [-0.25, -0.2) is 8.42 Å². The van der Waals surface area contributed by atoms with Crippen LogP contribution in [0.4, 0.5) is 5.69 Å². The first kappa shape index (κ1) is 18.0. The predicted molar refractivity (Wildman–Crippen MR) is 92.5 cm³/mol. The van der Waals surface area contributed by atoms with Crippen LogP contribution in [-0.4, -0.2) is 25.8 Å². The Morgan fingerprint density at radius 1 is 1.12 bits per heavy atom. The molecule has 0 saturated heterocycles. The van der Waals surface area contributed by atoms with Crippen molar-refractivity contribution < 1.29 is 17.7 Å². The van der Waals surface area contributed by atoms with Crippen LogP contribution in [0.25, 0.3) is 0 Å². The molecule has 1 N–H and O–H groups in total. The minimum atomic E-state index is -4.42. The number of benzene rings is 2. The van der Waals surface area contributed by atoms with Gasteiger partial charge in [-0.05, 0) is 60.5 Å². The number of anilines is 1. The standard InChI is InChI=1S/C17H20N2O4S/c1-2-3-12-23-16-8-4-14(5-9-16)13-18-19-15-6-10-17(11-7-15)24(20,21)22/h4-11,13,19H,2-3,12H2,1H3,(H,20,21,22)/p-1. The molecule has 0 aromatic heterocycles. The van der Waals surface area contributed by atoms with E-state index in [0.29, 0.717) is 12.3 Å². The SMILES string of the molecule is CCCCOc1ccc(C=NNc2ccc(S(=O)(=O)[O-])cc2)cc1. The van der Waals surface area contributed by atoms with Gasteiger partial charge in [-0.3, -0.25) is 5.43 Å². The summed E-state index contributed by atoms with van der Waals surface area (Å²) in [5.74, 6) is 0.822. The minimum absolute atomic E-state index is 0.268. The van der Waals surface area contributed by atoms with E-state index in [9.17, 15) is 13.0 Å². The molecule has 2 aromatic rings. The lowest BCUT2D eigenvalue weighted by Gasteiger charge is -2.07. The molecular formula is C17H19N2O4S-. The summed E-state index contributed by atoms with van der Waals surface area (Å²) in [5.41, 5.74) is 4.24. The zero-order valence-corrected chi connectivity index (χ0v) is 14.1. The Bertz CT molecular complexity index is 769. The van der Waals surface area contributed by atoms with Crippen LogP contribution in [-0.2, 0) is 10.1 Å². The van der Waals surface area contributed by atoms with E-state index in [1.54, 1.807) is 6.21 Å². The predicted octanol–water partition coefficient (Wildman–Crippen LogP) is 3.22. The monoisotopic (exact) mass is 347 g/mol. The summed E-state index contributed by atoms with van der Waals surface area (Å²) in [6, 6.07) is 13.0. The second-order valence-electron chi connectivity index (χ2n) is 5.12. The Morgan fingerprint density at radius 2 is 1.79 bits per heavy atom. The molecule has 0 aliphatic carbocycles. The third-order valence-electron chi connectivity index (χ3n) is 3.20. The Hall–Kier alpha value is -2.38. The molecular weight excluding hydrogens is 328 g/mol. The van der Waals surface area contributed by atoms with Gasteiger partial charge in [0.2, 0.25) is 0 Å². The average Bonchev–Trinajstić information content (AvgIpc) is 2.56. The average molecular weight is 347 g/mol. The quantitative estimate of drug-likeness (QED) is 0.343. The maximum Gasteiger partial charge on any atom is 0.124 e. The third kappa shape index (κ3) is 5.68. The van der Waals surface area contributed by atoms with E-state index in [0.717, 1.165) is 24.2 Å². The van der Waals surface area contributed by atoms with Gasteiger partial charge >= 0.3 is 0 Å². The summed E-state index contributed by atoms with van der Waals surface area (Å²) in [7, 11) is -4.42.